The number of hydrogen-bond donors (Lipinski definition) is 2. The molecule has 2 N–H and O–H groups in total. The van der Waals surface area contributed by atoms with Crippen molar-refractivity contribution in [2.24, 2.45) is 29.6 Å². The van der Waals surface area contributed by atoms with Gasteiger partial charge in [0.25, 0.3) is 0 Å². The van der Waals surface area contributed by atoms with Gasteiger partial charge < -0.3 is 24.6 Å². The average Bonchev–Trinajstić information content (AvgIpc) is 3.01. The highest BCUT2D eigenvalue weighted by atomic mass is 17.3. The number of ether oxygens (including phenoxy) is 3. The van der Waals surface area contributed by atoms with Gasteiger partial charge in [-0.05, 0) is 50.4 Å². The molecule has 5 fully saturated rings. The molecule has 10 heteroatoms. The smallest absolute Gasteiger partial charge is 0.326 e. The number of carboxylic acid groups (broad SMARTS) is 1. The number of carbonyl (C=O) groups excluding carboxylic acids is 2. The Morgan fingerprint density at radius 2 is 1.83 bits per heavy atom. The maximum Gasteiger partial charge on any atom is 0.326 e. The Bertz CT molecular complexity index is 834. The van der Waals surface area contributed by atoms with Crippen LogP contribution in [-0.2, 0) is 38.4 Å². The molecule has 198 valence electrons. The minimum absolute atomic E-state index is 0.0264. The van der Waals surface area contributed by atoms with E-state index in [1.165, 1.54) is 0 Å². The molecule has 0 aromatic rings. The van der Waals surface area contributed by atoms with Crippen molar-refractivity contribution in [1.29, 1.82) is 0 Å². The molecule has 0 aromatic heterocycles. The Morgan fingerprint density at radius 3 is 2.51 bits per heavy atom. The van der Waals surface area contributed by atoms with Crippen molar-refractivity contribution >= 4 is 17.8 Å². The molecule has 1 spiro atoms. The molecule has 4 aliphatic heterocycles. The van der Waals surface area contributed by atoms with Crippen molar-refractivity contribution in [1.82, 2.24) is 5.32 Å². The molecule has 5 aliphatic rings. The minimum atomic E-state index is -1.09. The molecule has 10 nitrogen and oxygen atoms in total. The summed E-state index contributed by atoms with van der Waals surface area (Å²) in [6.07, 6.45) is 1.95. The molecule has 35 heavy (non-hydrogen) atoms. The van der Waals surface area contributed by atoms with Gasteiger partial charge in [-0.1, -0.05) is 27.7 Å². The lowest BCUT2D eigenvalue weighted by Crippen LogP contribution is -2.70. The number of carbonyl (C=O) groups is 3. The first-order chi connectivity index (χ1) is 16.4. The van der Waals surface area contributed by atoms with Gasteiger partial charge in [0.2, 0.25) is 18.0 Å². The van der Waals surface area contributed by atoms with Gasteiger partial charge >= 0.3 is 11.9 Å². The molecule has 9 atom stereocenters. The first kappa shape index (κ1) is 26.3. The first-order valence-corrected chi connectivity index (χ1v) is 12.9. The molecule has 1 aliphatic carbocycles. The van der Waals surface area contributed by atoms with Crippen LogP contribution in [0.1, 0.15) is 79.6 Å². The standard InChI is InChI=1S/C25H39NO9/c1-13(2)12-18(21(29)30)26-19(27)8-9-20(28)31-22-15(4)17-7-6-14(3)16-10-11-24(5)33-23(32-22)25(16,17)35-34-24/h13-18,22-23H,6-12H2,1-5H3,(H,26,27)(H,29,30)/t14-,15-,16+,17+,18+,22-,23-,24+,25+/m1/s1. The fourth-order valence-electron chi connectivity index (χ4n) is 6.37. The van der Waals surface area contributed by atoms with E-state index in [2.05, 4.69) is 12.2 Å². The fourth-order valence-corrected chi connectivity index (χ4v) is 6.37. The average molecular weight is 498 g/mol. The highest BCUT2D eigenvalue weighted by molar-refractivity contribution is 5.85. The van der Waals surface area contributed by atoms with Crippen LogP contribution in [0.2, 0.25) is 0 Å². The van der Waals surface area contributed by atoms with E-state index in [4.69, 9.17) is 24.0 Å². The van der Waals surface area contributed by atoms with Gasteiger partial charge in [-0.2, -0.15) is 0 Å². The third-order valence-electron chi connectivity index (χ3n) is 8.24. The minimum Gasteiger partial charge on any atom is -0.480 e. The van der Waals surface area contributed by atoms with Crippen molar-refractivity contribution in [2.75, 3.05) is 0 Å². The predicted molar refractivity (Wildman–Crippen MR) is 121 cm³/mol. The van der Waals surface area contributed by atoms with Gasteiger partial charge in [-0.25, -0.2) is 14.6 Å². The van der Waals surface area contributed by atoms with E-state index in [1.807, 2.05) is 27.7 Å². The number of esters is 1. The lowest BCUT2D eigenvalue weighted by atomic mass is 9.58. The van der Waals surface area contributed by atoms with E-state index in [0.29, 0.717) is 18.8 Å². The van der Waals surface area contributed by atoms with E-state index >= 15 is 0 Å². The second-order valence-corrected chi connectivity index (χ2v) is 11.4. The summed E-state index contributed by atoms with van der Waals surface area (Å²) in [6.45, 7) is 9.81. The predicted octanol–water partition coefficient (Wildman–Crippen LogP) is 3.13. The van der Waals surface area contributed by atoms with Crippen molar-refractivity contribution in [3.63, 3.8) is 0 Å². The Balaban J connectivity index is 1.38. The van der Waals surface area contributed by atoms with E-state index in [1.54, 1.807) is 0 Å². The Labute approximate surface area is 206 Å². The lowest BCUT2D eigenvalue weighted by Gasteiger charge is -2.59. The van der Waals surface area contributed by atoms with Crippen LogP contribution in [0.3, 0.4) is 0 Å². The number of hydrogen-bond acceptors (Lipinski definition) is 8. The summed E-state index contributed by atoms with van der Waals surface area (Å²) in [5, 5.41) is 11.8. The van der Waals surface area contributed by atoms with Gasteiger partial charge in [-0.3, -0.25) is 9.59 Å². The number of carboxylic acids is 1. The van der Waals surface area contributed by atoms with Crippen LogP contribution >= 0.6 is 0 Å². The summed E-state index contributed by atoms with van der Waals surface area (Å²) in [5.74, 6) is -2.46. The monoisotopic (exact) mass is 497 g/mol. The van der Waals surface area contributed by atoms with E-state index in [9.17, 15) is 19.5 Å². The van der Waals surface area contributed by atoms with Crippen LogP contribution in [-0.4, -0.2) is 53.0 Å². The van der Waals surface area contributed by atoms with Crippen molar-refractivity contribution in [3.8, 4) is 0 Å². The van der Waals surface area contributed by atoms with Crippen LogP contribution in [0, 0.1) is 29.6 Å². The zero-order valence-electron chi connectivity index (χ0n) is 21.3. The molecule has 5 rings (SSSR count). The Kier molecular flexibility index (Phi) is 7.48. The van der Waals surface area contributed by atoms with Gasteiger partial charge in [0, 0.05) is 24.7 Å². The normalized spacial score (nSPS) is 41.0. The second-order valence-electron chi connectivity index (χ2n) is 11.4. The quantitative estimate of drug-likeness (QED) is 0.384. The van der Waals surface area contributed by atoms with Crippen LogP contribution < -0.4 is 5.32 Å². The van der Waals surface area contributed by atoms with Crippen LogP contribution in [0.4, 0.5) is 0 Å². The molecule has 1 saturated carbocycles. The van der Waals surface area contributed by atoms with E-state index < -0.39 is 47.9 Å². The summed E-state index contributed by atoms with van der Waals surface area (Å²) in [4.78, 5) is 48.1. The molecule has 1 amide bonds. The SMILES string of the molecule is CC(C)C[C@H](NC(=O)CCC(=O)O[C@@H]1O[C@@H]2O[C@]3(C)CC[C@H]4[C@H](C)CC[C@@H]([C@H]1C)[C@]24OO3)C(=O)O. The van der Waals surface area contributed by atoms with Gasteiger partial charge in [0.05, 0.1) is 6.42 Å². The summed E-state index contributed by atoms with van der Waals surface area (Å²) in [5.41, 5.74) is -0.738. The number of fused-ring (bicyclic) bond motifs is 2. The number of rotatable bonds is 8. The Hall–Kier alpha value is -1.75. The maximum atomic E-state index is 12.6. The van der Waals surface area contributed by atoms with Gasteiger partial charge in [0.15, 0.2) is 11.9 Å². The highest BCUT2D eigenvalue weighted by Gasteiger charge is 2.69. The molecule has 0 aromatic carbocycles. The first-order valence-electron chi connectivity index (χ1n) is 12.9. The molecular weight excluding hydrogens is 458 g/mol. The van der Waals surface area contributed by atoms with Gasteiger partial charge in [0.1, 0.15) is 6.04 Å². The van der Waals surface area contributed by atoms with Crippen molar-refractivity contribution in [2.45, 2.75) is 110 Å². The van der Waals surface area contributed by atoms with E-state index in [-0.39, 0.29) is 36.5 Å². The van der Waals surface area contributed by atoms with Crippen LogP contribution in [0.15, 0.2) is 0 Å². The van der Waals surface area contributed by atoms with Crippen LogP contribution in [0.5, 0.6) is 0 Å². The maximum absolute atomic E-state index is 12.6. The largest absolute Gasteiger partial charge is 0.480 e. The summed E-state index contributed by atoms with van der Waals surface area (Å²) in [7, 11) is 0. The Morgan fingerprint density at radius 1 is 1.09 bits per heavy atom. The molecular formula is C25H39NO9. The topological polar surface area (TPSA) is 130 Å². The number of amides is 1. The summed E-state index contributed by atoms with van der Waals surface area (Å²) < 4.78 is 18.2. The lowest BCUT2D eigenvalue weighted by molar-refractivity contribution is -0.576. The molecule has 4 heterocycles. The zero-order valence-corrected chi connectivity index (χ0v) is 21.3. The molecule has 4 saturated heterocycles. The summed E-state index contributed by atoms with van der Waals surface area (Å²) >= 11 is 0. The number of nitrogens with one attached hydrogen (secondary N) is 1. The second kappa shape index (κ2) is 9.95. The van der Waals surface area contributed by atoms with Gasteiger partial charge in [-0.15, -0.1) is 0 Å². The zero-order chi connectivity index (χ0) is 25.5. The molecule has 0 unspecified atom stereocenters. The molecule has 0 radical (unpaired) electrons. The van der Waals surface area contributed by atoms with E-state index in [0.717, 1.165) is 19.3 Å². The molecule has 2 bridgehead atoms. The van der Waals surface area contributed by atoms with Crippen molar-refractivity contribution < 1.29 is 43.5 Å². The highest BCUT2D eigenvalue weighted by Crippen LogP contribution is 2.60. The third-order valence-corrected chi connectivity index (χ3v) is 8.24. The van der Waals surface area contributed by atoms with Crippen molar-refractivity contribution in [3.05, 3.63) is 0 Å². The fraction of sp³-hybridized carbons (Fsp3) is 0.880. The van der Waals surface area contributed by atoms with Crippen LogP contribution in [0.25, 0.3) is 0 Å². The number of aliphatic carboxylic acids is 1. The summed E-state index contributed by atoms with van der Waals surface area (Å²) in [6, 6.07) is -0.982. The third kappa shape index (κ3) is 5.08.